The Labute approximate surface area is 427 Å². The van der Waals surface area contributed by atoms with Crippen LogP contribution in [0.2, 0.25) is 5.02 Å². The quantitative estimate of drug-likeness (QED) is 0.109. The predicted molar refractivity (Wildman–Crippen MR) is 259 cm³/mol. The predicted octanol–water partition coefficient (Wildman–Crippen LogP) is 4.88. The molecule has 1 aromatic carbocycles. The standard InChI is InChI=1S/C50H65ClN4O16S/c1-28-10-8-11-36(66-7)50(64)26-32(68-47(63)52-50)23-38-49(4,70-38)37(25-41(58)53(5)33-21-30(20-28)22-34(65-6)43(33)51)69-46(62)48(2,3)67-18-9-19-72-35-24-42(59)54(44(35)60)27-29-12-14-31(15-13-29)45(61)71-55-39(56)16-17-40(55)57/h8,10-11,21-22,29,31-32,35-38,64H,9,12-20,23-27H2,1-7H3,(H,52,63)/b11-8+,28-10+/t29?,31?,32?,35?,36-,37+,38+,49+,50+/m1/s1. The van der Waals surface area contributed by atoms with Gasteiger partial charge in [0.15, 0.2) is 11.3 Å². The number of imide groups is 2. The van der Waals surface area contributed by atoms with E-state index in [-0.39, 0.29) is 74.4 Å². The Kier molecular flexibility index (Phi) is 17.2. The Morgan fingerprint density at radius 3 is 2.39 bits per heavy atom. The molecule has 6 aliphatic rings. The Bertz CT molecular complexity index is 2360. The van der Waals surface area contributed by atoms with Crippen LogP contribution in [0.15, 0.2) is 35.9 Å². The largest absolute Gasteiger partial charge is 0.495 e. The molecule has 5 aliphatic heterocycles. The molecule has 1 saturated carbocycles. The molecule has 0 aromatic heterocycles. The van der Waals surface area contributed by atoms with E-state index in [0.717, 1.165) is 11.1 Å². The lowest BCUT2D eigenvalue weighted by Crippen LogP contribution is -2.62. The van der Waals surface area contributed by atoms with Crippen molar-refractivity contribution < 1.29 is 76.7 Å². The summed E-state index contributed by atoms with van der Waals surface area (Å²) < 4.78 is 35.3. The summed E-state index contributed by atoms with van der Waals surface area (Å²) in [6, 6.07) is 3.56. The molecule has 22 heteroatoms. The highest BCUT2D eigenvalue weighted by Gasteiger charge is 2.62. The molecule has 5 fully saturated rings. The van der Waals surface area contributed by atoms with E-state index in [1.807, 2.05) is 13.0 Å². The highest BCUT2D eigenvalue weighted by molar-refractivity contribution is 8.00. The monoisotopic (exact) mass is 1040 g/mol. The lowest BCUT2D eigenvalue weighted by Gasteiger charge is -2.40. The second-order valence-corrected chi connectivity index (χ2v) is 21.7. The van der Waals surface area contributed by atoms with Gasteiger partial charge in [0.05, 0.1) is 36.5 Å². The van der Waals surface area contributed by atoms with E-state index < -0.39 is 88.3 Å². The van der Waals surface area contributed by atoms with Crippen molar-refractivity contribution in [1.82, 2.24) is 15.3 Å². The van der Waals surface area contributed by atoms with Gasteiger partial charge < -0.3 is 43.3 Å². The molecule has 2 N–H and O–H groups in total. The highest BCUT2D eigenvalue weighted by Crippen LogP contribution is 2.47. The maximum absolute atomic E-state index is 14.3. The number of hydrogen-bond donors (Lipinski definition) is 2. The molecule has 1 aliphatic carbocycles. The van der Waals surface area contributed by atoms with Crippen LogP contribution in [-0.2, 0) is 68.5 Å². The van der Waals surface area contributed by atoms with Crippen molar-refractivity contribution in [1.29, 1.82) is 0 Å². The first kappa shape index (κ1) is 54.7. The van der Waals surface area contributed by atoms with Gasteiger partial charge in [-0.3, -0.25) is 34.2 Å². The summed E-state index contributed by atoms with van der Waals surface area (Å²) in [5.41, 5.74) is -2.55. The van der Waals surface area contributed by atoms with E-state index in [2.05, 4.69) is 5.32 Å². The third kappa shape index (κ3) is 12.5. The molecule has 394 valence electrons. The van der Waals surface area contributed by atoms with Gasteiger partial charge in [0.25, 0.3) is 11.8 Å². The zero-order chi connectivity index (χ0) is 52.3. The number of benzene rings is 1. The van der Waals surface area contributed by atoms with Crippen molar-refractivity contribution in [3.8, 4) is 5.75 Å². The van der Waals surface area contributed by atoms with E-state index in [0.29, 0.717) is 60.8 Å². The number of thioether (sulfide) groups is 1. The van der Waals surface area contributed by atoms with Gasteiger partial charge >= 0.3 is 18.0 Å². The minimum atomic E-state index is -1.85. The number of ether oxygens (including phenoxy) is 6. The number of carbonyl (C=O) groups is 8. The van der Waals surface area contributed by atoms with Gasteiger partial charge in [-0.25, -0.2) is 14.4 Å². The average molecular weight is 1050 g/mol. The number of likely N-dealkylation sites (tertiary alicyclic amines) is 1. The number of allylic oxidation sites excluding steroid dienone is 3. The molecule has 7 atom stereocenters. The number of nitrogens with one attached hydrogen (secondary N) is 1. The Morgan fingerprint density at radius 1 is 1.00 bits per heavy atom. The summed E-state index contributed by atoms with van der Waals surface area (Å²) >= 11 is 8.13. The van der Waals surface area contributed by atoms with Gasteiger partial charge in [0, 0.05) is 59.4 Å². The molecule has 20 nitrogen and oxygen atoms in total. The molecule has 1 aromatic rings. The van der Waals surface area contributed by atoms with E-state index in [1.165, 1.54) is 35.8 Å². The number of amides is 6. The summed E-state index contributed by atoms with van der Waals surface area (Å²) in [7, 11) is 4.45. The van der Waals surface area contributed by atoms with E-state index in [4.69, 9.17) is 44.9 Å². The normalized spacial score (nSPS) is 31.6. The highest BCUT2D eigenvalue weighted by atomic mass is 35.5. The number of rotatable bonds is 14. The number of hydroxylamine groups is 2. The number of epoxide rings is 1. The first-order chi connectivity index (χ1) is 34.0. The van der Waals surface area contributed by atoms with Crippen LogP contribution in [0.4, 0.5) is 10.5 Å². The fourth-order valence-electron chi connectivity index (χ4n) is 9.83. The summed E-state index contributed by atoms with van der Waals surface area (Å²) in [6.45, 7) is 7.02. The van der Waals surface area contributed by atoms with Crippen molar-refractivity contribution in [2.45, 2.75) is 151 Å². The van der Waals surface area contributed by atoms with Crippen LogP contribution in [0, 0.1) is 11.8 Å². The maximum atomic E-state index is 14.3. The number of hydrogen-bond acceptors (Lipinski definition) is 17. The first-order valence-electron chi connectivity index (χ1n) is 24.3. The zero-order valence-corrected chi connectivity index (χ0v) is 43.3. The van der Waals surface area contributed by atoms with Crippen LogP contribution < -0.4 is 15.0 Å². The topological polar surface area (TPSA) is 246 Å². The SMILES string of the molecule is COc1cc2cc(c1Cl)N(C)C(=O)C[C@H](OC(=O)C(C)(C)OCCCSC1CC(=O)N(CC3CCC(C(=O)ON4C(=O)CCC4=O)CC3)C1=O)[C@]1(C)O[C@H]1CC1C[C@@](O)(NC(=O)O1)[C@H](OC)/C=C/C=C(\C)C2. The van der Waals surface area contributed by atoms with Crippen molar-refractivity contribution in [3.05, 3.63) is 46.5 Å². The first-order valence-corrected chi connectivity index (χ1v) is 25.8. The third-order valence-corrected chi connectivity index (χ3v) is 16.0. The molecule has 72 heavy (non-hydrogen) atoms. The maximum Gasteiger partial charge on any atom is 0.409 e. The van der Waals surface area contributed by atoms with Crippen molar-refractivity contribution in [2.75, 3.05) is 45.1 Å². The van der Waals surface area contributed by atoms with Gasteiger partial charge in [-0.15, -0.1) is 16.8 Å². The van der Waals surface area contributed by atoms with Crippen LogP contribution in [0.3, 0.4) is 0 Å². The van der Waals surface area contributed by atoms with Crippen molar-refractivity contribution >= 4 is 76.6 Å². The number of esters is 1. The Hall–Kier alpha value is -5.06. The smallest absolute Gasteiger partial charge is 0.409 e. The van der Waals surface area contributed by atoms with E-state index in [1.54, 1.807) is 52.1 Å². The molecular formula is C50H65ClN4O16S. The van der Waals surface area contributed by atoms with Crippen LogP contribution in [-0.4, -0.2) is 149 Å². The Balaban J connectivity index is 0.955. The number of fused-ring (bicyclic) bond motifs is 5. The minimum absolute atomic E-state index is 0.00691. The molecule has 4 saturated heterocycles. The molecular weight excluding hydrogens is 980 g/mol. The second kappa shape index (κ2) is 22.6. The number of methoxy groups -OCH3 is 2. The Morgan fingerprint density at radius 2 is 1.71 bits per heavy atom. The second-order valence-electron chi connectivity index (χ2n) is 20.0. The fourth-order valence-corrected chi connectivity index (χ4v) is 11.2. The summed E-state index contributed by atoms with van der Waals surface area (Å²) in [5, 5.41) is 14.4. The number of aliphatic hydroxyl groups is 1. The summed E-state index contributed by atoms with van der Waals surface area (Å²) in [6.07, 6.45) is 3.30. The summed E-state index contributed by atoms with van der Waals surface area (Å²) in [4.78, 5) is 112. The molecule has 4 bridgehead atoms. The van der Waals surface area contributed by atoms with E-state index in [9.17, 15) is 43.5 Å². The number of halogens is 1. The van der Waals surface area contributed by atoms with E-state index >= 15 is 0 Å². The van der Waals surface area contributed by atoms with Crippen molar-refractivity contribution in [3.63, 3.8) is 0 Å². The van der Waals surface area contributed by atoms with Crippen LogP contribution in [0.1, 0.15) is 104 Å². The number of nitrogens with zero attached hydrogens (tertiary/aromatic N) is 3. The average Bonchev–Trinajstić information content (AvgIpc) is 3.77. The van der Waals surface area contributed by atoms with Crippen molar-refractivity contribution in [2.24, 2.45) is 11.8 Å². The zero-order valence-electron chi connectivity index (χ0n) is 41.7. The molecule has 7 rings (SSSR count). The number of anilines is 1. The van der Waals surface area contributed by atoms with Gasteiger partial charge in [-0.05, 0) is 95.6 Å². The van der Waals surface area contributed by atoms with Gasteiger partial charge in [0.2, 0.25) is 17.7 Å². The van der Waals surface area contributed by atoms with Crippen LogP contribution >= 0.6 is 23.4 Å². The molecule has 2 unspecified atom stereocenters. The summed E-state index contributed by atoms with van der Waals surface area (Å²) in [5.74, 6) is -3.20. The van der Waals surface area contributed by atoms with Crippen LogP contribution in [0.5, 0.6) is 5.75 Å². The third-order valence-electron chi connectivity index (χ3n) is 14.3. The lowest BCUT2D eigenvalue weighted by molar-refractivity contribution is -0.201. The lowest BCUT2D eigenvalue weighted by atomic mass is 9.82. The van der Waals surface area contributed by atoms with Gasteiger partial charge in [-0.2, -0.15) is 0 Å². The van der Waals surface area contributed by atoms with Crippen LogP contribution in [0.25, 0.3) is 0 Å². The van der Waals surface area contributed by atoms with Gasteiger partial charge in [-0.1, -0.05) is 35.4 Å². The fraction of sp³-hybridized carbons (Fsp3) is 0.640. The molecule has 6 amide bonds. The molecule has 5 heterocycles. The molecule has 0 spiro atoms. The molecule has 0 radical (unpaired) electrons. The van der Waals surface area contributed by atoms with Gasteiger partial charge in [0.1, 0.15) is 34.7 Å². The number of carbonyl (C=O) groups excluding carboxylic acids is 8. The minimum Gasteiger partial charge on any atom is -0.495 e. The number of alkyl carbamates (subject to hydrolysis) is 1.